The average molecular weight is 557 g/mol. The fourth-order valence-electron chi connectivity index (χ4n) is 5.28. The second kappa shape index (κ2) is 13.3. The van der Waals surface area contributed by atoms with Gasteiger partial charge in [0.15, 0.2) is 0 Å². The molecule has 3 amide bonds. The van der Waals surface area contributed by atoms with Crippen molar-refractivity contribution >= 4 is 29.3 Å². The van der Waals surface area contributed by atoms with E-state index in [9.17, 15) is 14.4 Å². The smallest absolute Gasteiger partial charge is 0.412 e. The van der Waals surface area contributed by atoms with E-state index in [2.05, 4.69) is 20.5 Å². The third kappa shape index (κ3) is 7.40. The number of carbonyl (C=O) groups is 3. The standard InChI is InChI=1S/C31H36N6O4/c32-25-9-11-26(12-10-25)34-29(38)23-8-13-28(27(19-23)35-31(40)41-21-22-5-2-1-3-6-22)36-15-17-37(18-16-36)30(39)24-7-4-14-33-20-24/h1-8,13-14,19-20,25-26H,9-12,15-18,21,32H2,(H,34,38)(H,35,40). The number of aromatic nitrogens is 1. The molecule has 0 bridgehead atoms. The van der Waals surface area contributed by atoms with Gasteiger partial charge in [-0.25, -0.2) is 4.79 Å². The maximum Gasteiger partial charge on any atom is 0.412 e. The molecule has 0 radical (unpaired) electrons. The van der Waals surface area contributed by atoms with Crippen LogP contribution in [0.3, 0.4) is 0 Å². The molecule has 5 rings (SSSR count). The number of nitrogens with one attached hydrogen (secondary N) is 2. The van der Waals surface area contributed by atoms with E-state index in [0.29, 0.717) is 43.0 Å². The molecule has 41 heavy (non-hydrogen) atoms. The SMILES string of the molecule is NC1CCC(NC(=O)c2ccc(N3CCN(C(=O)c4cccnc4)CC3)c(NC(=O)OCc3ccccc3)c2)CC1. The molecule has 0 atom stereocenters. The first-order valence-corrected chi connectivity index (χ1v) is 14.1. The zero-order valence-corrected chi connectivity index (χ0v) is 23.0. The van der Waals surface area contributed by atoms with Crippen molar-refractivity contribution < 1.29 is 19.1 Å². The highest BCUT2D eigenvalue weighted by Crippen LogP contribution is 2.29. The number of rotatable bonds is 7. The molecule has 10 nitrogen and oxygen atoms in total. The van der Waals surface area contributed by atoms with Crippen molar-refractivity contribution in [3.63, 3.8) is 0 Å². The molecule has 3 aromatic rings. The van der Waals surface area contributed by atoms with Gasteiger partial charge in [0.2, 0.25) is 0 Å². The van der Waals surface area contributed by atoms with Crippen molar-refractivity contribution in [1.29, 1.82) is 0 Å². The minimum Gasteiger partial charge on any atom is -0.444 e. The Balaban J connectivity index is 1.29. The average Bonchev–Trinajstić information content (AvgIpc) is 3.02. The first kappa shape index (κ1) is 28.1. The highest BCUT2D eigenvalue weighted by molar-refractivity contribution is 5.99. The molecule has 1 saturated carbocycles. The fourth-order valence-corrected chi connectivity index (χ4v) is 5.28. The van der Waals surface area contributed by atoms with Crippen LogP contribution in [0.5, 0.6) is 0 Å². The summed E-state index contributed by atoms with van der Waals surface area (Å²) in [7, 11) is 0. The Morgan fingerprint density at radius 2 is 1.66 bits per heavy atom. The number of anilines is 2. The quantitative estimate of drug-likeness (QED) is 0.404. The van der Waals surface area contributed by atoms with E-state index >= 15 is 0 Å². The van der Waals surface area contributed by atoms with E-state index in [-0.39, 0.29) is 30.5 Å². The zero-order valence-electron chi connectivity index (χ0n) is 23.0. The second-order valence-corrected chi connectivity index (χ2v) is 10.5. The molecule has 2 aromatic carbocycles. The maximum absolute atomic E-state index is 13.1. The van der Waals surface area contributed by atoms with Crippen LogP contribution in [-0.2, 0) is 11.3 Å². The van der Waals surface area contributed by atoms with Gasteiger partial charge in [-0.3, -0.25) is 19.9 Å². The summed E-state index contributed by atoms with van der Waals surface area (Å²) in [5.74, 6) is -0.249. The number of amides is 3. The molecule has 1 aliphatic carbocycles. The summed E-state index contributed by atoms with van der Waals surface area (Å²) in [5, 5.41) is 5.97. The lowest BCUT2D eigenvalue weighted by molar-refractivity contribution is 0.0746. The highest BCUT2D eigenvalue weighted by atomic mass is 16.5. The van der Waals surface area contributed by atoms with Gasteiger partial charge < -0.3 is 25.6 Å². The van der Waals surface area contributed by atoms with Gasteiger partial charge in [0.05, 0.1) is 16.9 Å². The van der Waals surface area contributed by atoms with Gasteiger partial charge in [0.25, 0.3) is 11.8 Å². The lowest BCUT2D eigenvalue weighted by Gasteiger charge is -2.37. The second-order valence-electron chi connectivity index (χ2n) is 10.5. The maximum atomic E-state index is 13.1. The van der Waals surface area contributed by atoms with Crippen molar-refractivity contribution in [2.45, 2.75) is 44.4 Å². The van der Waals surface area contributed by atoms with Crippen molar-refractivity contribution in [3.05, 3.63) is 89.7 Å². The van der Waals surface area contributed by atoms with Gasteiger partial charge in [-0.1, -0.05) is 30.3 Å². The summed E-state index contributed by atoms with van der Waals surface area (Å²) in [6.45, 7) is 2.28. The molecule has 0 spiro atoms. The van der Waals surface area contributed by atoms with Crippen LogP contribution in [0.2, 0.25) is 0 Å². The Morgan fingerprint density at radius 3 is 2.37 bits per heavy atom. The van der Waals surface area contributed by atoms with E-state index in [1.165, 1.54) is 0 Å². The Hall–Kier alpha value is -4.44. The van der Waals surface area contributed by atoms with Crippen LogP contribution in [-0.4, -0.2) is 66.1 Å². The minimum atomic E-state index is -0.612. The van der Waals surface area contributed by atoms with Crippen molar-refractivity contribution in [1.82, 2.24) is 15.2 Å². The van der Waals surface area contributed by atoms with E-state index < -0.39 is 6.09 Å². The lowest BCUT2D eigenvalue weighted by atomic mass is 9.91. The molecule has 1 saturated heterocycles. The highest BCUT2D eigenvalue weighted by Gasteiger charge is 2.26. The third-order valence-electron chi connectivity index (χ3n) is 7.63. The van der Waals surface area contributed by atoms with Gasteiger partial charge in [0, 0.05) is 56.2 Å². The van der Waals surface area contributed by atoms with Crippen molar-refractivity contribution in [2.24, 2.45) is 5.73 Å². The summed E-state index contributed by atoms with van der Waals surface area (Å²) in [6, 6.07) is 18.5. The number of pyridine rings is 1. The van der Waals surface area contributed by atoms with Gasteiger partial charge in [-0.05, 0) is 61.6 Å². The predicted octanol–water partition coefficient (Wildman–Crippen LogP) is 3.79. The Bertz CT molecular complexity index is 1340. The Labute approximate surface area is 239 Å². The number of hydrogen-bond acceptors (Lipinski definition) is 7. The van der Waals surface area contributed by atoms with Gasteiger partial charge >= 0.3 is 6.09 Å². The minimum absolute atomic E-state index is 0.0590. The predicted molar refractivity (Wildman–Crippen MR) is 157 cm³/mol. The molecule has 10 heteroatoms. The monoisotopic (exact) mass is 556 g/mol. The van der Waals surface area contributed by atoms with Crippen LogP contribution in [0, 0.1) is 0 Å². The van der Waals surface area contributed by atoms with E-state index in [4.69, 9.17) is 10.5 Å². The van der Waals surface area contributed by atoms with Crippen molar-refractivity contribution in [3.8, 4) is 0 Å². The Morgan fingerprint density at radius 1 is 0.902 bits per heavy atom. The van der Waals surface area contributed by atoms with E-state index in [1.54, 1.807) is 41.6 Å². The molecular weight excluding hydrogens is 520 g/mol. The normalized spacial score (nSPS) is 18.9. The van der Waals surface area contributed by atoms with Crippen LogP contribution in [0.25, 0.3) is 0 Å². The lowest BCUT2D eigenvalue weighted by Crippen LogP contribution is -2.49. The van der Waals surface area contributed by atoms with E-state index in [0.717, 1.165) is 36.9 Å². The first-order chi connectivity index (χ1) is 20.0. The molecule has 0 unspecified atom stereocenters. The van der Waals surface area contributed by atoms with E-state index in [1.807, 2.05) is 36.4 Å². The summed E-state index contributed by atoms with van der Waals surface area (Å²) < 4.78 is 5.46. The molecule has 2 fully saturated rings. The first-order valence-electron chi connectivity index (χ1n) is 14.1. The van der Waals surface area contributed by atoms with Crippen LogP contribution in [0.15, 0.2) is 73.1 Å². The molecule has 2 aliphatic rings. The largest absolute Gasteiger partial charge is 0.444 e. The van der Waals surface area contributed by atoms with Crippen LogP contribution in [0.1, 0.15) is 52.0 Å². The molecular formula is C31H36N6O4. The number of nitrogens with two attached hydrogens (primary N) is 1. The number of benzene rings is 2. The number of nitrogens with zero attached hydrogens (tertiary/aromatic N) is 3. The molecule has 1 aromatic heterocycles. The van der Waals surface area contributed by atoms with Crippen LogP contribution in [0.4, 0.5) is 16.2 Å². The summed E-state index contributed by atoms with van der Waals surface area (Å²) >= 11 is 0. The number of carbonyl (C=O) groups excluding carboxylic acids is 3. The Kier molecular flexibility index (Phi) is 9.10. The summed E-state index contributed by atoms with van der Waals surface area (Å²) in [5.41, 5.74) is 9.13. The third-order valence-corrected chi connectivity index (χ3v) is 7.63. The van der Waals surface area contributed by atoms with Crippen LogP contribution >= 0.6 is 0 Å². The van der Waals surface area contributed by atoms with Gasteiger partial charge in [0.1, 0.15) is 6.61 Å². The molecule has 4 N–H and O–H groups in total. The molecule has 2 heterocycles. The van der Waals surface area contributed by atoms with Crippen LogP contribution < -0.4 is 21.3 Å². The summed E-state index contributed by atoms with van der Waals surface area (Å²) in [6.07, 6.45) is 6.08. The van der Waals surface area contributed by atoms with Gasteiger partial charge in [-0.2, -0.15) is 0 Å². The van der Waals surface area contributed by atoms with Crippen molar-refractivity contribution in [2.75, 3.05) is 36.4 Å². The number of piperazine rings is 1. The van der Waals surface area contributed by atoms with Gasteiger partial charge in [-0.15, -0.1) is 0 Å². The number of hydrogen-bond donors (Lipinski definition) is 3. The topological polar surface area (TPSA) is 130 Å². The molecule has 214 valence electrons. The number of ether oxygens (including phenoxy) is 1. The molecule has 1 aliphatic heterocycles. The fraction of sp³-hybridized carbons (Fsp3) is 0.355. The zero-order chi connectivity index (χ0) is 28.6. The summed E-state index contributed by atoms with van der Waals surface area (Å²) in [4.78, 5) is 46.8.